The number of nitrogens with zero attached hydrogens (tertiary/aromatic N) is 4. The molecule has 2 aromatic rings. The number of benzene rings is 2. The molecule has 0 amide bonds. The third-order valence-corrected chi connectivity index (χ3v) is 6.03. The van der Waals surface area contributed by atoms with Gasteiger partial charge in [0.2, 0.25) is 10.0 Å². The molecular weight excluding hydrogens is 424 g/mol. The summed E-state index contributed by atoms with van der Waals surface area (Å²) in [6.07, 6.45) is 3.40. The Labute approximate surface area is 189 Å². The highest BCUT2D eigenvalue weighted by atomic mass is 32.2. The maximum absolute atomic E-state index is 12.1. The van der Waals surface area contributed by atoms with Gasteiger partial charge in [0.25, 0.3) is 0 Å². The number of hydrogen-bond donors (Lipinski definition) is 2. The number of rotatable bonds is 6. The molecule has 0 bridgehead atoms. The van der Waals surface area contributed by atoms with Crippen LogP contribution in [-0.2, 0) is 10.0 Å². The van der Waals surface area contributed by atoms with Crippen molar-refractivity contribution in [1.29, 1.82) is 0 Å². The minimum atomic E-state index is -3.49. The predicted molar refractivity (Wildman–Crippen MR) is 131 cm³/mol. The second kappa shape index (κ2) is 8.74. The molecule has 0 aliphatic carbocycles. The van der Waals surface area contributed by atoms with E-state index < -0.39 is 10.0 Å². The fraction of sp³-hybridized carbons (Fsp3) is 0.348. The van der Waals surface area contributed by atoms with Crippen molar-refractivity contribution in [2.24, 2.45) is 15.8 Å². The van der Waals surface area contributed by atoms with Crippen LogP contribution in [0.5, 0.6) is 0 Å². The van der Waals surface area contributed by atoms with Crippen molar-refractivity contribution < 1.29 is 13.1 Å². The van der Waals surface area contributed by atoms with Gasteiger partial charge >= 0.3 is 5.84 Å². The van der Waals surface area contributed by atoms with Gasteiger partial charge in [0.05, 0.1) is 17.6 Å². The smallest absolute Gasteiger partial charge is 0.321 e. The largest absolute Gasteiger partial charge is 0.371 e. The van der Waals surface area contributed by atoms with Gasteiger partial charge in [0.1, 0.15) is 11.8 Å². The molecule has 0 atom stereocenters. The molecule has 0 unspecified atom stereocenters. The Bertz CT molecular complexity index is 1210. The van der Waals surface area contributed by atoms with Crippen molar-refractivity contribution in [2.75, 3.05) is 29.0 Å². The van der Waals surface area contributed by atoms with E-state index in [1.807, 2.05) is 62.4 Å². The molecule has 8 nitrogen and oxygen atoms in total. The zero-order valence-corrected chi connectivity index (χ0v) is 19.4. The van der Waals surface area contributed by atoms with Gasteiger partial charge in [-0.05, 0) is 44.9 Å². The van der Waals surface area contributed by atoms with Crippen molar-refractivity contribution in [3.05, 3.63) is 54.1 Å². The van der Waals surface area contributed by atoms with Crippen LogP contribution in [0.15, 0.2) is 58.6 Å². The number of sulfonamides is 1. The summed E-state index contributed by atoms with van der Waals surface area (Å²) in [6, 6.07) is 15.4. The molecule has 2 aliphatic rings. The van der Waals surface area contributed by atoms with Crippen LogP contribution in [0.25, 0.3) is 0 Å². The molecule has 1 fully saturated rings. The summed E-state index contributed by atoms with van der Waals surface area (Å²) in [5, 5.41) is 4.71. The van der Waals surface area contributed by atoms with Gasteiger partial charge in [0.15, 0.2) is 5.71 Å². The Morgan fingerprint density at radius 3 is 2.44 bits per heavy atom. The Morgan fingerprint density at radius 1 is 1.12 bits per heavy atom. The van der Waals surface area contributed by atoms with Crippen molar-refractivity contribution >= 4 is 44.3 Å². The predicted octanol–water partition coefficient (Wildman–Crippen LogP) is 2.93. The van der Waals surface area contributed by atoms with Crippen LogP contribution in [0, 0.1) is 0 Å². The zero-order chi connectivity index (χ0) is 22.9. The van der Waals surface area contributed by atoms with Crippen LogP contribution in [0.4, 0.5) is 17.1 Å². The first kappa shape index (κ1) is 22.0. The maximum Gasteiger partial charge on any atom is 0.321 e. The summed E-state index contributed by atoms with van der Waals surface area (Å²) in [6.45, 7) is 5.93. The minimum Gasteiger partial charge on any atom is -0.371 e. The molecule has 0 spiro atoms. The Hall–Kier alpha value is -3.20. The van der Waals surface area contributed by atoms with Crippen LogP contribution in [-0.4, -0.2) is 55.7 Å². The fourth-order valence-electron chi connectivity index (χ4n) is 3.93. The first-order chi connectivity index (χ1) is 15.2. The van der Waals surface area contributed by atoms with Crippen LogP contribution in [0.3, 0.4) is 0 Å². The van der Waals surface area contributed by atoms with E-state index in [1.165, 1.54) is 0 Å². The SMILES string of the molecule is CC(C)[N+]1=C(N)C(=Nc2ccc(N3CCCC3)cc2NS(C)(=O)=O)C(c2ccccc2)=N1. The maximum atomic E-state index is 12.1. The summed E-state index contributed by atoms with van der Waals surface area (Å²) in [5.74, 6) is 0.438. The molecular formula is C23H29N6O2S+. The molecule has 32 heavy (non-hydrogen) atoms. The van der Waals surface area contributed by atoms with Crippen molar-refractivity contribution in [2.45, 2.75) is 32.7 Å². The standard InChI is InChI=1S/C23H28N6O2S/c1-16(2)29-23(24)22(21(26-29)17-9-5-4-6-10-17)25-19-12-11-18(28-13-7-8-14-28)15-20(19)27-32(3,30)31/h4-6,9-12,15-16H,7-8,13-14H2,1-3H3,(H2,24,26,27)/p+1. The van der Waals surface area contributed by atoms with E-state index in [2.05, 4.69) is 9.62 Å². The highest BCUT2D eigenvalue weighted by Gasteiger charge is 2.33. The fourth-order valence-corrected chi connectivity index (χ4v) is 4.49. The van der Waals surface area contributed by atoms with E-state index in [-0.39, 0.29) is 6.04 Å². The quantitative estimate of drug-likeness (QED) is 0.657. The van der Waals surface area contributed by atoms with Crippen molar-refractivity contribution in [1.82, 2.24) is 0 Å². The molecule has 9 heteroatoms. The van der Waals surface area contributed by atoms with Gasteiger partial charge in [-0.15, -0.1) is 4.68 Å². The van der Waals surface area contributed by atoms with Crippen LogP contribution >= 0.6 is 0 Å². The van der Waals surface area contributed by atoms with E-state index in [4.69, 9.17) is 15.8 Å². The van der Waals surface area contributed by atoms with Gasteiger partial charge in [-0.3, -0.25) is 10.5 Å². The monoisotopic (exact) mass is 453 g/mol. The zero-order valence-electron chi connectivity index (χ0n) is 18.6. The highest BCUT2D eigenvalue weighted by Crippen LogP contribution is 2.33. The highest BCUT2D eigenvalue weighted by molar-refractivity contribution is 7.92. The number of aliphatic imine (C=N–C) groups is 1. The topological polar surface area (TPSA) is 103 Å². The Morgan fingerprint density at radius 2 is 1.81 bits per heavy atom. The third kappa shape index (κ3) is 4.67. The first-order valence-electron chi connectivity index (χ1n) is 10.7. The lowest BCUT2D eigenvalue weighted by atomic mass is 10.1. The molecule has 2 aliphatic heterocycles. The summed E-state index contributed by atoms with van der Waals surface area (Å²) in [5.41, 5.74) is 10.4. The average molecular weight is 454 g/mol. The molecule has 0 aromatic heterocycles. The van der Waals surface area contributed by atoms with Crippen molar-refractivity contribution in [3.63, 3.8) is 0 Å². The Kier molecular flexibility index (Phi) is 6.01. The molecule has 1 saturated heterocycles. The summed E-state index contributed by atoms with van der Waals surface area (Å²) >= 11 is 0. The first-order valence-corrected chi connectivity index (χ1v) is 12.6. The number of hydrogen-bond acceptors (Lipinski definition) is 6. The van der Waals surface area contributed by atoms with Crippen LogP contribution in [0.1, 0.15) is 32.3 Å². The molecule has 3 N–H and O–H groups in total. The second-order valence-corrected chi connectivity index (χ2v) is 10.1. The number of nitrogens with two attached hydrogens (primary N) is 1. The van der Waals surface area contributed by atoms with Gasteiger partial charge in [-0.1, -0.05) is 35.4 Å². The van der Waals surface area contributed by atoms with E-state index in [0.29, 0.717) is 28.6 Å². The number of amidine groups is 1. The van der Waals surface area contributed by atoms with Crippen LogP contribution in [0.2, 0.25) is 0 Å². The molecule has 2 heterocycles. The number of anilines is 2. The van der Waals surface area contributed by atoms with Crippen molar-refractivity contribution in [3.8, 4) is 0 Å². The third-order valence-electron chi connectivity index (χ3n) is 5.44. The average Bonchev–Trinajstić information content (AvgIpc) is 3.38. The lowest BCUT2D eigenvalue weighted by Gasteiger charge is -2.19. The molecule has 0 radical (unpaired) electrons. The normalized spacial score (nSPS) is 18.1. The summed E-state index contributed by atoms with van der Waals surface area (Å²) < 4.78 is 28.5. The molecule has 0 saturated carbocycles. The van der Waals surface area contributed by atoms with E-state index >= 15 is 0 Å². The number of hydrazone groups is 1. The lowest BCUT2D eigenvalue weighted by Crippen LogP contribution is -2.33. The van der Waals surface area contributed by atoms with Crippen LogP contribution < -0.4 is 15.4 Å². The Balaban J connectivity index is 1.83. The van der Waals surface area contributed by atoms with Gasteiger partial charge in [-0.25, -0.2) is 13.4 Å². The summed E-state index contributed by atoms with van der Waals surface area (Å²) in [4.78, 5) is 7.07. The molecule has 2 aromatic carbocycles. The van der Waals surface area contributed by atoms with E-state index in [0.717, 1.165) is 43.4 Å². The summed E-state index contributed by atoms with van der Waals surface area (Å²) in [7, 11) is -3.49. The molecule has 168 valence electrons. The van der Waals surface area contributed by atoms with Gasteiger partial charge in [0, 0.05) is 24.3 Å². The van der Waals surface area contributed by atoms with Gasteiger partial charge < -0.3 is 4.90 Å². The van der Waals surface area contributed by atoms with E-state index in [1.54, 1.807) is 4.68 Å². The second-order valence-electron chi connectivity index (χ2n) is 8.37. The van der Waals surface area contributed by atoms with Gasteiger partial charge in [-0.2, -0.15) is 0 Å². The molecule has 4 rings (SSSR count). The van der Waals surface area contributed by atoms with E-state index in [9.17, 15) is 8.42 Å². The lowest BCUT2D eigenvalue weighted by molar-refractivity contribution is -0.561. The minimum absolute atomic E-state index is 0.0487. The number of nitrogens with one attached hydrogen (secondary N) is 1.